The van der Waals surface area contributed by atoms with Crippen molar-refractivity contribution >= 4 is 44.2 Å². The van der Waals surface area contributed by atoms with Gasteiger partial charge in [0.05, 0.1) is 10.2 Å². The van der Waals surface area contributed by atoms with Crippen LogP contribution in [-0.2, 0) is 4.79 Å². The lowest BCUT2D eigenvalue weighted by Crippen LogP contribution is -2.10. The Labute approximate surface area is 141 Å². The molecule has 1 heterocycles. The minimum Gasteiger partial charge on any atom is -0.302 e. The van der Waals surface area contributed by atoms with E-state index in [1.165, 1.54) is 43.4 Å². The molecular formula is C17H23ClN2OS. The van der Waals surface area contributed by atoms with Crippen LogP contribution in [0.3, 0.4) is 0 Å². The number of halogens is 1. The van der Waals surface area contributed by atoms with E-state index in [-0.39, 0.29) is 5.91 Å². The molecule has 3 nitrogen and oxygen atoms in total. The Morgan fingerprint density at radius 1 is 1.18 bits per heavy atom. The molecule has 120 valence electrons. The third-order valence-electron chi connectivity index (χ3n) is 3.60. The molecule has 1 amide bonds. The van der Waals surface area contributed by atoms with Crippen LogP contribution in [0.2, 0.25) is 5.02 Å². The van der Waals surface area contributed by atoms with Crippen LogP contribution in [0.25, 0.3) is 10.2 Å². The average Bonchev–Trinajstić information content (AvgIpc) is 2.87. The van der Waals surface area contributed by atoms with Gasteiger partial charge in [-0.3, -0.25) is 4.79 Å². The van der Waals surface area contributed by atoms with E-state index in [9.17, 15) is 4.79 Å². The summed E-state index contributed by atoms with van der Waals surface area (Å²) in [7, 11) is 0. The highest BCUT2D eigenvalue weighted by Gasteiger charge is 2.08. The Kier molecular flexibility index (Phi) is 7.13. The van der Waals surface area contributed by atoms with Crippen molar-refractivity contribution in [3.8, 4) is 0 Å². The highest BCUT2D eigenvalue weighted by Crippen LogP contribution is 2.28. The van der Waals surface area contributed by atoms with Gasteiger partial charge in [0.25, 0.3) is 0 Å². The fourth-order valence-electron chi connectivity index (χ4n) is 2.38. The number of unbranched alkanes of at least 4 members (excludes halogenated alkanes) is 6. The van der Waals surface area contributed by atoms with Gasteiger partial charge in [-0.2, -0.15) is 0 Å². The zero-order valence-corrected chi connectivity index (χ0v) is 14.6. The van der Waals surface area contributed by atoms with Gasteiger partial charge in [0.2, 0.25) is 5.91 Å². The first-order valence-electron chi connectivity index (χ1n) is 8.05. The number of hydrogen-bond donors (Lipinski definition) is 1. The van der Waals surface area contributed by atoms with Gasteiger partial charge in [-0.05, 0) is 24.6 Å². The molecular weight excluding hydrogens is 316 g/mol. The summed E-state index contributed by atoms with van der Waals surface area (Å²) in [6, 6.07) is 5.56. The highest BCUT2D eigenvalue weighted by molar-refractivity contribution is 7.22. The fraction of sp³-hybridized carbons (Fsp3) is 0.529. The van der Waals surface area contributed by atoms with Gasteiger partial charge in [0.1, 0.15) is 0 Å². The van der Waals surface area contributed by atoms with Gasteiger partial charge in [-0.25, -0.2) is 4.98 Å². The third kappa shape index (κ3) is 5.58. The number of thiazole rings is 1. The Balaban J connectivity index is 1.70. The van der Waals surface area contributed by atoms with E-state index in [1.54, 1.807) is 0 Å². The second-order valence-electron chi connectivity index (χ2n) is 5.55. The molecule has 1 aromatic heterocycles. The van der Waals surface area contributed by atoms with Crippen LogP contribution in [-0.4, -0.2) is 10.9 Å². The lowest BCUT2D eigenvalue weighted by Gasteiger charge is -2.02. The summed E-state index contributed by atoms with van der Waals surface area (Å²) in [6.45, 7) is 2.22. The van der Waals surface area contributed by atoms with E-state index in [4.69, 9.17) is 11.6 Å². The molecule has 0 radical (unpaired) electrons. The van der Waals surface area contributed by atoms with Gasteiger partial charge in [0.15, 0.2) is 5.13 Å². The van der Waals surface area contributed by atoms with Crippen molar-refractivity contribution in [2.75, 3.05) is 5.32 Å². The first-order chi connectivity index (χ1) is 10.7. The Morgan fingerprint density at radius 2 is 1.91 bits per heavy atom. The molecule has 0 spiro atoms. The summed E-state index contributed by atoms with van der Waals surface area (Å²) >= 11 is 7.42. The average molecular weight is 339 g/mol. The predicted octanol–water partition coefficient (Wildman–Crippen LogP) is 6.03. The number of carbonyl (C=O) groups is 1. The molecule has 2 rings (SSSR count). The first kappa shape index (κ1) is 17.2. The minimum absolute atomic E-state index is 0.0544. The monoisotopic (exact) mass is 338 g/mol. The van der Waals surface area contributed by atoms with E-state index in [0.717, 1.165) is 23.1 Å². The summed E-state index contributed by atoms with van der Waals surface area (Å²) in [5.74, 6) is 0.0544. The van der Waals surface area contributed by atoms with Crippen LogP contribution in [0.15, 0.2) is 18.2 Å². The van der Waals surface area contributed by atoms with Crippen molar-refractivity contribution in [2.24, 2.45) is 0 Å². The standard InChI is InChI=1S/C17H23ClN2OS/c1-2-3-4-5-6-7-8-9-16(21)20-17-19-14-11-10-13(18)12-15(14)22-17/h10-12H,2-9H2,1H3,(H,19,20,21). The molecule has 2 aromatic rings. The van der Waals surface area contributed by atoms with E-state index in [0.29, 0.717) is 16.6 Å². The van der Waals surface area contributed by atoms with Crippen molar-refractivity contribution in [1.82, 2.24) is 4.98 Å². The number of nitrogens with zero attached hydrogens (tertiary/aromatic N) is 1. The van der Waals surface area contributed by atoms with Crippen molar-refractivity contribution in [3.05, 3.63) is 23.2 Å². The first-order valence-corrected chi connectivity index (χ1v) is 9.24. The summed E-state index contributed by atoms with van der Waals surface area (Å²) in [6.07, 6.45) is 9.08. The maximum Gasteiger partial charge on any atom is 0.226 e. The molecule has 0 bridgehead atoms. The summed E-state index contributed by atoms with van der Waals surface area (Å²) in [5, 5.41) is 4.24. The molecule has 0 atom stereocenters. The summed E-state index contributed by atoms with van der Waals surface area (Å²) < 4.78 is 0.999. The zero-order chi connectivity index (χ0) is 15.8. The highest BCUT2D eigenvalue weighted by atomic mass is 35.5. The van der Waals surface area contributed by atoms with Crippen molar-refractivity contribution in [3.63, 3.8) is 0 Å². The molecule has 1 N–H and O–H groups in total. The SMILES string of the molecule is CCCCCCCCCC(=O)Nc1nc2ccc(Cl)cc2s1. The van der Waals surface area contributed by atoms with Gasteiger partial charge in [-0.15, -0.1) is 0 Å². The second-order valence-corrected chi connectivity index (χ2v) is 7.02. The molecule has 22 heavy (non-hydrogen) atoms. The molecule has 0 aliphatic rings. The molecule has 0 unspecified atom stereocenters. The van der Waals surface area contributed by atoms with E-state index in [1.807, 2.05) is 18.2 Å². The second kappa shape index (κ2) is 9.11. The van der Waals surface area contributed by atoms with Crippen molar-refractivity contribution in [1.29, 1.82) is 0 Å². The van der Waals surface area contributed by atoms with Crippen LogP contribution in [0, 0.1) is 0 Å². The molecule has 5 heteroatoms. The van der Waals surface area contributed by atoms with Gasteiger partial charge in [0, 0.05) is 11.4 Å². The molecule has 0 aliphatic heterocycles. The number of carbonyl (C=O) groups excluding carboxylic acids is 1. The van der Waals surface area contributed by atoms with Crippen LogP contribution < -0.4 is 5.32 Å². The minimum atomic E-state index is 0.0544. The number of aromatic nitrogens is 1. The van der Waals surface area contributed by atoms with Crippen LogP contribution >= 0.6 is 22.9 Å². The van der Waals surface area contributed by atoms with Gasteiger partial charge in [-0.1, -0.05) is 68.4 Å². The third-order valence-corrected chi connectivity index (χ3v) is 4.77. The van der Waals surface area contributed by atoms with Crippen molar-refractivity contribution in [2.45, 2.75) is 58.3 Å². The molecule has 0 aliphatic carbocycles. The normalized spacial score (nSPS) is 11.0. The number of anilines is 1. The maximum absolute atomic E-state index is 11.9. The maximum atomic E-state index is 11.9. The topological polar surface area (TPSA) is 42.0 Å². The van der Waals surface area contributed by atoms with Gasteiger partial charge >= 0.3 is 0 Å². The smallest absolute Gasteiger partial charge is 0.226 e. The fourth-order valence-corrected chi connectivity index (χ4v) is 3.53. The number of fused-ring (bicyclic) bond motifs is 1. The van der Waals surface area contributed by atoms with E-state index >= 15 is 0 Å². The zero-order valence-electron chi connectivity index (χ0n) is 13.0. The lowest BCUT2D eigenvalue weighted by atomic mass is 10.1. The lowest BCUT2D eigenvalue weighted by molar-refractivity contribution is -0.116. The van der Waals surface area contributed by atoms with E-state index < -0.39 is 0 Å². The quantitative estimate of drug-likeness (QED) is 0.567. The number of nitrogens with one attached hydrogen (secondary N) is 1. The molecule has 0 fully saturated rings. The Hall–Kier alpha value is -1.13. The number of amides is 1. The largest absolute Gasteiger partial charge is 0.302 e. The Bertz CT molecular complexity index is 612. The molecule has 1 aromatic carbocycles. The molecule has 0 saturated carbocycles. The summed E-state index contributed by atoms with van der Waals surface area (Å²) in [4.78, 5) is 16.3. The number of rotatable bonds is 9. The number of benzene rings is 1. The number of hydrogen-bond acceptors (Lipinski definition) is 3. The predicted molar refractivity (Wildman–Crippen MR) is 95.9 cm³/mol. The van der Waals surface area contributed by atoms with Gasteiger partial charge < -0.3 is 5.32 Å². The molecule has 0 saturated heterocycles. The van der Waals surface area contributed by atoms with Crippen LogP contribution in [0.4, 0.5) is 5.13 Å². The van der Waals surface area contributed by atoms with E-state index in [2.05, 4.69) is 17.2 Å². The van der Waals surface area contributed by atoms with Crippen LogP contribution in [0.5, 0.6) is 0 Å². The Morgan fingerprint density at radius 3 is 2.68 bits per heavy atom. The van der Waals surface area contributed by atoms with Crippen molar-refractivity contribution < 1.29 is 4.79 Å². The van der Waals surface area contributed by atoms with Crippen LogP contribution in [0.1, 0.15) is 58.3 Å². The summed E-state index contributed by atoms with van der Waals surface area (Å²) in [5.41, 5.74) is 0.876.